The molecule has 0 saturated carbocycles. The number of guanidine groups is 3. The first-order chi connectivity index (χ1) is 58.5. The Labute approximate surface area is 722 Å². The number of aromatic nitrogens is 1. The van der Waals surface area contributed by atoms with Gasteiger partial charge >= 0.3 is 5.69 Å². The molecule has 1 fully saturated rings. The minimum Gasteiger partial charge on any atom is -0.508 e. The number of phenols is 1. The van der Waals surface area contributed by atoms with Gasteiger partial charge in [0.15, 0.2) is 22.9 Å². The SMILES string of the molecule is CC[C@H](C)[C@H](NC(=O)[C@H](CCCNC(=N)N)NC(=O)[C@H](CCCNC(=N)N)NC(=O)[C@H](CC(C)C)NC(=O)[C@H](Cc1ccccc1)NC(=O)CNC(=O)[C@@H](C)NC(=O)[C@@H](N)Cc1ccc(O)cc1)C(=O)N[C@@H](CCCNC(=N)N)C(=O)N1CCC[C@H]1C(=O)N[C@@H](CCCCN)C(=O)N[C@@H](CSSc1ncccc1[N+](=O)[O-])C(=O)N[C@@H](CCCCN)C(N)=O. The van der Waals surface area contributed by atoms with Crippen molar-refractivity contribution in [1.29, 1.82) is 16.2 Å². The zero-order chi connectivity index (χ0) is 91.3. The van der Waals surface area contributed by atoms with E-state index in [0.29, 0.717) is 36.9 Å². The van der Waals surface area contributed by atoms with Crippen LogP contribution < -0.4 is 115 Å². The third-order valence-electron chi connectivity index (χ3n) is 19.8. The van der Waals surface area contributed by atoms with E-state index in [4.69, 9.17) is 56.4 Å². The lowest BCUT2D eigenvalue weighted by Gasteiger charge is -2.32. The first kappa shape index (κ1) is 104. The van der Waals surface area contributed by atoms with E-state index in [9.17, 15) is 63.2 Å². The molecule has 45 heteroatoms. The lowest BCUT2D eigenvalue weighted by molar-refractivity contribution is -0.388. The summed E-state index contributed by atoms with van der Waals surface area (Å²) in [6, 6.07) is 1.02. The number of carbonyl (C=O) groups is 13. The van der Waals surface area contributed by atoms with E-state index >= 15 is 14.4 Å². The molecule has 1 aromatic heterocycles. The highest BCUT2D eigenvalue weighted by Crippen LogP contribution is 2.36. The summed E-state index contributed by atoms with van der Waals surface area (Å²) in [6.45, 7) is 8.17. The summed E-state index contributed by atoms with van der Waals surface area (Å²) in [4.78, 5) is 202. The van der Waals surface area contributed by atoms with Crippen molar-refractivity contribution in [1.82, 2.24) is 84.3 Å². The molecule has 0 unspecified atom stereocenters. The number of pyridine rings is 1. The van der Waals surface area contributed by atoms with Crippen LogP contribution in [0, 0.1) is 38.2 Å². The van der Waals surface area contributed by atoms with Crippen LogP contribution in [-0.4, -0.2) is 239 Å². The number of nitrogens with two attached hydrogens (primary N) is 7. The standard InChI is InChI=1S/C78H125N27O16S2/c1-6-45(4)62(73(118)100-55(25-16-37-92-78(87)88)75(119)104-38-18-27-59(104)72(117)99-52(22-11-13-33-80)67(112)102-58(71(116)96-51(63(82)108)21-10-12-32-79)43-122-123-74-60(105(120)121)26-17-34-89-74)103-68(113)54(24-15-36-91-77(85)86)97-66(111)53(23-14-35-90-76(83)84)98-69(114)56(39-44(2)3)101-70(115)57(41-47-19-8-7-9-20-47)95-61(107)42-93-64(109)46(5)94-65(110)50(81)40-48-28-30-49(106)31-29-48/h7-9,17,19-20,26,28-31,34,44-46,50-59,62,106H,6,10-16,18,21-25,27,32-33,35-43,79-81H2,1-5H3,(H2,82,108)(H,93,109)(H,94,110)(H,95,107)(H,96,116)(H,97,111)(H,98,114)(H,99,117)(H,100,118)(H,101,115)(H,102,112)(H,103,113)(H4,83,84,90)(H4,85,86,91)(H4,87,88,92)/t45-,46+,50-,51-,52-,53-,54-,55-,56-,57-,58-,59-,62-/m0/s1. The number of unbranched alkanes of at least 4 members (excludes halogenated alkanes) is 2. The Morgan fingerprint density at radius 1 is 0.545 bits per heavy atom. The van der Waals surface area contributed by atoms with Crippen LogP contribution in [0.25, 0.3) is 0 Å². The minimum absolute atomic E-state index is 0.00708. The maximum Gasteiger partial charge on any atom is 0.302 e. The fourth-order valence-corrected chi connectivity index (χ4v) is 15.1. The summed E-state index contributed by atoms with van der Waals surface area (Å²) < 4.78 is 0. The van der Waals surface area contributed by atoms with Gasteiger partial charge in [-0.25, -0.2) is 4.98 Å². The first-order valence-corrected chi connectivity index (χ1v) is 43.3. The third kappa shape index (κ3) is 38.5. The van der Waals surface area contributed by atoms with E-state index < -0.39 is 185 Å². The number of likely N-dealkylation sites (tertiary alicyclic amines) is 1. The molecule has 43 nitrogen and oxygen atoms in total. The summed E-state index contributed by atoms with van der Waals surface area (Å²) in [5.74, 6) is -13.3. The van der Waals surface area contributed by atoms with Crippen LogP contribution in [0.5, 0.6) is 5.75 Å². The Morgan fingerprint density at radius 3 is 1.58 bits per heavy atom. The molecule has 2 aromatic carbocycles. The van der Waals surface area contributed by atoms with Crippen molar-refractivity contribution in [3.63, 3.8) is 0 Å². The predicted molar refractivity (Wildman–Crippen MR) is 463 cm³/mol. The van der Waals surface area contributed by atoms with Crippen LogP contribution in [0.2, 0.25) is 0 Å². The molecule has 0 aliphatic carbocycles. The van der Waals surface area contributed by atoms with Crippen molar-refractivity contribution >= 4 is 122 Å². The number of nitro groups is 1. The van der Waals surface area contributed by atoms with E-state index in [1.807, 2.05) is 0 Å². The van der Waals surface area contributed by atoms with Gasteiger partial charge in [0.2, 0.25) is 76.8 Å². The number of nitrogens with one attached hydrogen (secondary N) is 17. The zero-order valence-electron chi connectivity index (χ0n) is 70.2. The van der Waals surface area contributed by atoms with E-state index in [1.165, 1.54) is 42.3 Å². The number of hydrogen-bond acceptors (Lipinski definition) is 25. The van der Waals surface area contributed by atoms with Crippen LogP contribution in [0.1, 0.15) is 148 Å². The second-order valence-electron chi connectivity index (χ2n) is 30.2. The molecule has 123 heavy (non-hydrogen) atoms. The second kappa shape index (κ2) is 55.3. The van der Waals surface area contributed by atoms with Gasteiger partial charge in [0.1, 0.15) is 72.2 Å². The first-order valence-electron chi connectivity index (χ1n) is 41.0. The molecule has 3 aromatic rings. The van der Waals surface area contributed by atoms with Crippen LogP contribution in [-0.2, 0) is 75.2 Å². The highest BCUT2D eigenvalue weighted by atomic mass is 33.1. The van der Waals surface area contributed by atoms with Crippen molar-refractivity contribution in [2.45, 2.75) is 228 Å². The number of benzene rings is 2. The molecule has 1 aliphatic heterocycles. The predicted octanol–water partition coefficient (Wildman–Crippen LogP) is -3.15. The van der Waals surface area contributed by atoms with Crippen LogP contribution in [0.3, 0.4) is 0 Å². The van der Waals surface area contributed by atoms with Gasteiger partial charge in [-0.15, -0.1) is 0 Å². The van der Waals surface area contributed by atoms with Crippen molar-refractivity contribution in [3.05, 3.63) is 94.2 Å². The van der Waals surface area contributed by atoms with Gasteiger partial charge in [0.05, 0.1) is 17.5 Å². The molecule has 1 aliphatic rings. The lowest BCUT2D eigenvalue weighted by atomic mass is 9.96. The minimum atomic E-state index is -1.52. The van der Waals surface area contributed by atoms with E-state index in [1.54, 1.807) is 70.2 Å². The Kier molecular flexibility index (Phi) is 46.6. The van der Waals surface area contributed by atoms with Gasteiger partial charge in [-0.1, -0.05) is 87.4 Å². The molecule has 1 saturated heterocycles. The number of primary amides is 1. The van der Waals surface area contributed by atoms with Gasteiger partial charge in [-0.3, -0.25) is 88.7 Å². The summed E-state index contributed by atoms with van der Waals surface area (Å²) in [5.41, 5.74) is 41.1. The number of rotatable bonds is 57. The number of hydrogen-bond donors (Lipinski definition) is 25. The van der Waals surface area contributed by atoms with Crippen molar-refractivity contribution in [2.24, 2.45) is 52.0 Å². The lowest BCUT2D eigenvalue weighted by Crippen LogP contribution is -2.61. The normalized spacial score (nSPS) is 15.2. The molecule has 13 atom stereocenters. The number of amides is 13. The summed E-state index contributed by atoms with van der Waals surface area (Å²) in [6.07, 6.45) is 3.29. The Balaban J connectivity index is 1.63. The van der Waals surface area contributed by atoms with Gasteiger partial charge in [-0.2, -0.15) is 0 Å². The van der Waals surface area contributed by atoms with Crippen molar-refractivity contribution in [3.8, 4) is 5.75 Å². The molecular weight excluding hydrogens is 1640 g/mol. The monoisotopic (exact) mass is 1760 g/mol. The second-order valence-corrected chi connectivity index (χ2v) is 32.6. The van der Waals surface area contributed by atoms with Crippen LogP contribution in [0.4, 0.5) is 5.69 Å². The fraction of sp³-hybridized carbons (Fsp3) is 0.577. The van der Waals surface area contributed by atoms with Crippen LogP contribution in [0.15, 0.2) is 78.0 Å². The molecule has 4 rings (SSSR count). The summed E-state index contributed by atoms with van der Waals surface area (Å²) in [5, 5.41) is 82.1. The van der Waals surface area contributed by atoms with Gasteiger partial charge in [0, 0.05) is 50.6 Å². The number of aromatic hydroxyl groups is 1. The zero-order valence-corrected chi connectivity index (χ0v) is 71.8. The smallest absolute Gasteiger partial charge is 0.302 e. The quantitative estimate of drug-likeness (QED) is 0.00663. The van der Waals surface area contributed by atoms with Crippen molar-refractivity contribution in [2.75, 3.05) is 51.6 Å². The largest absolute Gasteiger partial charge is 0.508 e. The van der Waals surface area contributed by atoms with Gasteiger partial charge in [-0.05, 0) is 175 Å². The summed E-state index contributed by atoms with van der Waals surface area (Å²) >= 11 is 0. The maximum absolute atomic E-state index is 15.2. The highest BCUT2D eigenvalue weighted by Gasteiger charge is 2.42. The number of carbonyl (C=O) groups excluding carboxylic acids is 13. The molecule has 32 N–H and O–H groups in total. The summed E-state index contributed by atoms with van der Waals surface area (Å²) in [7, 11) is 1.78. The molecule has 2 heterocycles. The number of phenolic OH excluding ortho intramolecular Hbond substituents is 1. The Bertz CT molecular complexity index is 4030. The Morgan fingerprint density at radius 2 is 1.03 bits per heavy atom. The topological polar surface area (TPSA) is 724 Å². The molecular formula is C78H125N27O16S2. The molecule has 0 radical (unpaired) electrons. The highest BCUT2D eigenvalue weighted by molar-refractivity contribution is 8.76. The average Bonchev–Trinajstić information content (AvgIpc) is 1.71. The molecule has 0 bridgehead atoms. The molecule has 680 valence electrons. The average molecular weight is 1760 g/mol. The molecule has 13 amide bonds. The van der Waals surface area contributed by atoms with Crippen molar-refractivity contribution < 1.29 is 72.4 Å². The molecule has 0 spiro atoms. The van der Waals surface area contributed by atoms with Gasteiger partial charge < -0.3 is 125 Å². The van der Waals surface area contributed by atoms with E-state index in [2.05, 4.69) is 79.4 Å². The van der Waals surface area contributed by atoms with Gasteiger partial charge in [0.25, 0.3) is 0 Å². The van der Waals surface area contributed by atoms with Crippen LogP contribution >= 0.6 is 21.6 Å². The van der Waals surface area contributed by atoms with E-state index in [0.717, 1.165) is 21.6 Å². The van der Waals surface area contributed by atoms with E-state index in [-0.39, 0.29) is 157 Å². The maximum atomic E-state index is 15.2. The third-order valence-corrected chi connectivity index (χ3v) is 22.1. The Hall–Kier alpha value is -11.7. The number of nitrogens with zero attached hydrogens (tertiary/aromatic N) is 3. The fourth-order valence-electron chi connectivity index (χ4n) is 12.9.